The van der Waals surface area contributed by atoms with E-state index in [9.17, 15) is 4.79 Å². The van der Waals surface area contributed by atoms with Gasteiger partial charge in [0.25, 0.3) is 0 Å². The van der Waals surface area contributed by atoms with Gasteiger partial charge in [0.2, 0.25) is 5.91 Å². The summed E-state index contributed by atoms with van der Waals surface area (Å²) in [7, 11) is 0. The molecular formula is C14H26N2O. The van der Waals surface area contributed by atoms with Gasteiger partial charge in [0.1, 0.15) is 0 Å². The van der Waals surface area contributed by atoms with Crippen molar-refractivity contribution in [1.29, 1.82) is 0 Å². The number of hydrogen-bond donors (Lipinski definition) is 1. The Morgan fingerprint density at radius 2 is 2.06 bits per heavy atom. The van der Waals surface area contributed by atoms with Crippen LogP contribution in [0.25, 0.3) is 0 Å². The van der Waals surface area contributed by atoms with E-state index in [1.807, 2.05) is 0 Å². The monoisotopic (exact) mass is 238 g/mol. The van der Waals surface area contributed by atoms with Crippen LogP contribution in [-0.2, 0) is 4.79 Å². The van der Waals surface area contributed by atoms with Crippen LogP contribution in [0.3, 0.4) is 0 Å². The molecular weight excluding hydrogens is 212 g/mol. The van der Waals surface area contributed by atoms with Crippen LogP contribution in [0.15, 0.2) is 0 Å². The van der Waals surface area contributed by atoms with Crippen molar-refractivity contribution in [3.8, 4) is 0 Å². The molecule has 1 aliphatic carbocycles. The molecule has 2 rings (SSSR count). The highest BCUT2D eigenvalue weighted by molar-refractivity contribution is 5.84. The minimum atomic E-state index is 0.0349. The van der Waals surface area contributed by atoms with E-state index in [0.717, 1.165) is 6.67 Å². The second-order valence-electron chi connectivity index (χ2n) is 6.64. The summed E-state index contributed by atoms with van der Waals surface area (Å²) in [6.45, 7) is 9.60. The first-order valence-corrected chi connectivity index (χ1v) is 6.97. The lowest BCUT2D eigenvalue weighted by molar-refractivity contribution is -0.134. The van der Waals surface area contributed by atoms with E-state index in [1.54, 1.807) is 0 Å². The minimum Gasteiger partial charge on any atom is -0.325 e. The van der Waals surface area contributed by atoms with Gasteiger partial charge in [0.05, 0.1) is 12.7 Å². The zero-order valence-corrected chi connectivity index (χ0v) is 11.6. The van der Waals surface area contributed by atoms with E-state index in [2.05, 4.69) is 37.9 Å². The summed E-state index contributed by atoms with van der Waals surface area (Å²) < 4.78 is 0. The molecule has 1 saturated carbocycles. The lowest BCUT2D eigenvalue weighted by Gasteiger charge is -2.43. The summed E-state index contributed by atoms with van der Waals surface area (Å²) in [6, 6.07) is 0.465. The van der Waals surface area contributed by atoms with Gasteiger partial charge >= 0.3 is 0 Å². The minimum absolute atomic E-state index is 0.0349. The molecule has 3 nitrogen and oxygen atoms in total. The van der Waals surface area contributed by atoms with E-state index in [-0.39, 0.29) is 11.5 Å². The van der Waals surface area contributed by atoms with E-state index in [1.165, 1.54) is 25.7 Å². The number of rotatable bonds is 2. The first-order valence-electron chi connectivity index (χ1n) is 6.97. The second kappa shape index (κ2) is 4.60. The first-order chi connectivity index (χ1) is 7.93. The van der Waals surface area contributed by atoms with Crippen molar-refractivity contribution in [2.45, 2.75) is 65.5 Å². The largest absolute Gasteiger partial charge is 0.325 e. The van der Waals surface area contributed by atoms with Gasteiger partial charge in [-0.15, -0.1) is 0 Å². The predicted molar refractivity (Wildman–Crippen MR) is 69.5 cm³/mol. The summed E-state index contributed by atoms with van der Waals surface area (Å²) in [5, 5.41) is 3.37. The third kappa shape index (κ3) is 2.35. The topological polar surface area (TPSA) is 32.3 Å². The van der Waals surface area contributed by atoms with Crippen LogP contribution >= 0.6 is 0 Å². The van der Waals surface area contributed by atoms with E-state index in [0.29, 0.717) is 17.9 Å². The van der Waals surface area contributed by atoms with Gasteiger partial charge in [-0.1, -0.05) is 40.5 Å². The second-order valence-corrected chi connectivity index (χ2v) is 6.64. The van der Waals surface area contributed by atoms with Gasteiger partial charge in [0.15, 0.2) is 0 Å². The maximum Gasteiger partial charge on any atom is 0.241 e. The van der Waals surface area contributed by atoms with Gasteiger partial charge in [0, 0.05) is 6.04 Å². The number of hydrogen-bond acceptors (Lipinski definition) is 2. The molecule has 1 aliphatic heterocycles. The Hall–Kier alpha value is -0.570. The van der Waals surface area contributed by atoms with Crippen LogP contribution in [-0.4, -0.2) is 29.6 Å². The number of carbonyl (C=O) groups is 1. The maximum absolute atomic E-state index is 12.4. The Morgan fingerprint density at radius 1 is 1.35 bits per heavy atom. The van der Waals surface area contributed by atoms with Crippen LogP contribution in [0.2, 0.25) is 0 Å². The Morgan fingerprint density at radius 3 is 2.59 bits per heavy atom. The molecule has 2 aliphatic rings. The molecule has 2 unspecified atom stereocenters. The van der Waals surface area contributed by atoms with Crippen LogP contribution < -0.4 is 5.32 Å². The lowest BCUT2D eigenvalue weighted by atomic mass is 9.72. The highest BCUT2D eigenvalue weighted by Gasteiger charge is 2.43. The predicted octanol–water partition coefficient (Wildman–Crippen LogP) is 2.37. The molecule has 0 radical (unpaired) electrons. The van der Waals surface area contributed by atoms with E-state index >= 15 is 0 Å². The summed E-state index contributed by atoms with van der Waals surface area (Å²) in [5.74, 6) is 0.708. The Balaban J connectivity index is 2.10. The molecule has 17 heavy (non-hydrogen) atoms. The van der Waals surface area contributed by atoms with Crippen molar-refractivity contribution >= 4 is 5.91 Å². The molecule has 0 spiro atoms. The first kappa shape index (κ1) is 12.9. The molecule has 0 aromatic rings. The van der Waals surface area contributed by atoms with E-state index in [4.69, 9.17) is 0 Å². The van der Waals surface area contributed by atoms with Gasteiger partial charge in [-0.2, -0.15) is 0 Å². The fraction of sp³-hybridized carbons (Fsp3) is 0.929. The molecule has 1 amide bonds. The number of nitrogens with zero attached hydrogens (tertiary/aromatic N) is 1. The van der Waals surface area contributed by atoms with Gasteiger partial charge < -0.3 is 4.90 Å². The molecule has 2 atom stereocenters. The van der Waals surface area contributed by atoms with Crippen LogP contribution in [0.1, 0.15) is 53.4 Å². The van der Waals surface area contributed by atoms with Crippen molar-refractivity contribution in [2.75, 3.05) is 6.67 Å². The van der Waals surface area contributed by atoms with Crippen LogP contribution in [0.5, 0.6) is 0 Å². The molecule has 0 aromatic heterocycles. The van der Waals surface area contributed by atoms with Crippen molar-refractivity contribution in [2.24, 2.45) is 11.3 Å². The highest BCUT2D eigenvalue weighted by atomic mass is 16.2. The zero-order valence-electron chi connectivity index (χ0n) is 11.6. The normalized spacial score (nSPS) is 33.5. The fourth-order valence-electron chi connectivity index (χ4n) is 3.38. The summed E-state index contributed by atoms with van der Waals surface area (Å²) in [6.07, 6.45) is 5.00. The fourth-order valence-corrected chi connectivity index (χ4v) is 3.38. The van der Waals surface area contributed by atoms with E-state index < -0.39 is 0 Å². The lowest BCUT2D eigenvalue weighted by Crippen LogP contribution is -2.49. The van der Waals surface area contributed by atoms with Crippen molar-refractivity contribution in [3.63, 3.8) is 0 Å². The maximum atomic E-state index is 12.4. The van der Waals surface area contributed by atoms with Crippen molar-refractivity contribution < 1.29 is 4.79 Å². The van der Waals surface area contributed by atoms with Gasteiger partial charge in [-0.3, -0.25) is 10.1 Å². The molecule has 1 heterocycles. The average Bonchev–Trinajstić information content (AvgIpc) is 2.59. The number of amides is 1. The van der Waals surface area contributed by atoms with Gasteiger partial charge in [-0.25, -0.2) is 0 Å². The van der Waals surface area contributed by atoms with Crippen molar-refractivity contribution in [3.05, 3.63) is 0 Å². The van der Waals surface area contributed by atoms with Crippen molar-refractivity contribution in [1.82, 2.24) is 10.2 Å². The molecule has 98 valence electrons. The number of nitrogens with one attached hydrogen (secondary N) is 1. The molecule has 1 N–H and O–H groups in total. The molecule has 0 aromatic carbocycles. The average molecular weight is 238 g/mol. The number of carbonyl (C=O) groups excluding carboxylic acids is 1. The zero-order chi connectivity index (χ0) is 12.6. The molecule has 3 heteroatoms. The standard InChI is InChI=1S/C14H26N2O/c1-10(2)12-13(17)16(9-15-12)11-7-5-6-8-14(11,3)4/h10-12,15H,5-9H2,1-4H3. The molecule has 1 saturated heterocycles. The Bertz CT molecular complexity index is 299. The Labute approximate surface area is 105 Å². The molecule has 2 fully saturated rings. The quantitative estimate of drug-likeness (QED) is 0.801. The Kier molecular flexibility index (Phi) is 3.48. The molecule has 0 bridgehead atoms. The summed E-state index contributed by atoms with van der Waals surface area (Å²) >= 11 is 0. The SMILES string of the molecule is CC(C)C1NCN(C2CCCCC2(C)C)C1=O. The highest BCUT2D eigenvalue weighted by Crippen LogP contribution is 2.39. The van der Waals surface area contributed by atoms with Gasteiger partial charge in [-0.05, 0) is 24.2 Å². The third-order valence-corrected chi connectivity index (χ3v) is 4.52. The van der Waals surface area contributed by atoms with Crippen LogP contribution in [0, 0.1) is 11.3 Å². The summed E-state index contributed by atoms with van der Waals surface area (Å²) in [4.78, 5) is 14.5. The third-order valence-electron chi connectivity index (χ3n) is 4.52. The smallest absolute Gasteiger partial charge is 0.241 e. The summed E-state index contributed by atoms with van der Waals surface area (Å²) in [5.41, 5.74) is 0.279. The van der Waals surface area contributed by atoms with Crippen LogP contribution in [0.4, 0.5) is 0 Å².